The van der Waals surface area contributed by atoms with Gasteiger partial charge in [-0.15, -0.1) is 0 Å². The van der Waals surface area contributed by atoms with E-state index >= 15 is 0 Å². The maximum absolute atomic E-state index is 12.0. The molecule has 0 saturated carbocycles. The van der Waals surface area contributed by atoms with Gasteiger partial charge < -0.3 is 0 Å². The number of hydrogen-bond acceptors (Lipinski definition) is 1. The standard InChI is InChI=1S/C10H19F2N.2C2H6/c1-8(2)9-3-5-13(6-4-9)7-10(11)12;2*1-2/h8-10H,3-7H2,1-2H3;2*1-2H3. The molecule has 0 aromatic carbocycles. The third-order valence-electron chi connectivity index (χ3n) is 2.97. The maximum atomic E-state index is 12.0. The average molecular weight is 251 g/mol. The third kappa shape index (κ3) is 9.51. The molecule has 106 valence electrons. The van der Waals surface area contributed by atoms with E-state index in [-0.39, 0.29) is 6.54 Å². The smallest absolute Gasteiger partial charge is 0.251 e. The second-order valence-electron chi connectivity index (χ2n) is 4.27. The summed E-state index contributed by atoms with van der Waals surface area (Å²) >= 11 is 0. The van der Waals surface area contributed by atoms with Gasteiger partial charge in [-0.2, -0.15) is 0 Å². The van der Waals surface area contributed by atoms with Crippen LogP contribution in [0.3, 0.4) is 0 Å². The fourth-order valence-corrected chi connectivity index (χ4v) is 2.00. The Hall–Kier alpha value is -0.180. The molecule has 0 N–H and O–H groups in total. The van der Waals surface area contributed by atoms with E-state index in [4.69, 9.17) is 0 Å². The summed E-state index contributed by atoms with van der Waals surface area (Å²) in [7, 11) is 0. The van der Waals surface area contributed by atoms with Gasteiger partial charge in [0.25, 0.3) is 6.43 Å². The molecule has 1 aliphatic heterocycles. The van der Waals surface area contributed by atoms with Gasteiger partial charge in [-0.25, -0.2) is 8.78 Å². The van der Waals surface area contributed by atoms with Crippen LogP contribution in [0.2, 0.25) is 0 Å². The monoisotopic (exact) mass is 251 g/mol. The summed E-state index contributed by atoms with van der Waals surface area (Å²) < 4.78 is 24.1. The van der Waals surface area contributed by atoms with E-state index in [1.807, 2.05) is 32.6 Å². The van der Waals surface area contributed by atoms with Crippen LogP contribution >= 0.6 is 0 Å². The highest BCUT2D eigenvalue weighted by Crippen LogP contribution is 2.24. The van der Waals surface area contributed by atoms with Crippen LogP contribution in [0.15, 0.2) is 0 Å². The number of hydrogen-bond donors (Lipinski definition) is 0. The Bertz CT molecular complexity index is 141. The highest BCUT2D eigenvalue weighted by atomic mass is 19.3. The van der Waals surface area contributed by atoms with E-state index in [0.717, 1.165) is 31.8 Å². The van der Waals surface area contributed by atoms with Crippen molar-refractivity contribution >= 4 is 0 Å². The first kappa shape index (κ1) is 19.2. The quantitative estimate of drug-likeness (QED) is 0.704. The Morgan fingerprint density at radius 1 is 1.00 bits per heavy atom. The summed E-state index contributed by atoms with van der Waals surface area (Å²) in [6, 6.07) is 0. The van der Waals surface area contributed by atoms with Crippen molar-refractivity contribution in [1.82, 2.24) is 4.90 Å². The van der Waals surface area contributed by atoms with Crippen LogP contribution in [-0.4, -0.2) is 31.0 Å². The fraction of sp³-hybridized carbons (Fsp3) is 1.00. The minimum Gasteiger partial charge on any atom is -0.298 e. The molecule has 0 unspecified atom stereocenters. The molecule has 0 atom stereocenters. The summed E-state index contributed by atoms with van der Waals surface area (Å²) in [5.41, 5.74) is 0. The lowest BCUT2D eigenvalue weighted by Gasteiger charge is -2.33. The Labute approximate surface area is 107 Å². The number of piperidine rings is 1. The average Bonchev–Trinajstić information content (AvgIpc) is 2.34. The first-order chi connectivity index (χ1) is 8.09. The lowest BCUT2D eigenvalue weighted by Crippen LogP contribution is -2.37. The maximum Gasteiger partial charge on any atom is 0.251 e. The van der Waals surface area contributed by atoms with Gasteiger partial charge in [0.2, 0.25) is 0 Å². The number of rotatable bonds is 3. The molecule has 0 spiro atoms. The van der Waals surface area contributed by atoms with Crippen LogP contribution in [0.4, 0.5) is 8.78 Å². The predicted molar refractivity (Wildman–Crippen MR) is 72.7 cm³/mol. The molecule has 17 heavy (non-hydrogen) atoms. The van der Waals surface area contributed by atoms with E-state index in [1.54, 1.807) is 0 Å². The molecule has 3 heteroatoms. The van der Waals surface area contributed by atoms with Crippen molar-refractivity contribution < 1.29 is 8.78 Å². The number of halogens is 2. The van der Waals surface area contributed by atoms with Gasteiger partial charge in [0.1, 0.15) is 0 Å². The molecule has 0 aliphatic carbocycles. The zero-order valence-corrected chi connectivity index (χ0v) is 12.5. The number of alkyl halides is 2. The lowest BCUT2D eigenvalue weighted by atomic mass is 9.87. The topological polar surface area (TPSA) is 3.24 Å². The Kier molecular flexibility index (Phi) is 13.8. The minimum absolute atomic E-state index is 0.0369. The second kappa shape index (κ2) is 12.3. The molecule has 0 aromatic heterocycles. The van der Waals surface area contributed by atoms with Gasteiger partial charge in [0.15, 0.2) is 0 Å². The molecule has 1 nitrogen and oxygen atoms in total. The van der Waals surface area contributed by atoms with E-state index in [0.29, 0.717) is 5.92 Å². The van der Waals surface area contributed by atoms with Crippen molar-refractivity contribution in [2.75, 3.05) is 19.6 Å². The molecule has 0 aromatic rings. The van der Waals surface area contributed by atoms with Crippen LogP contribution in [0.5, 0.6) is 0 Å². The van der Waals surface area contributed by atoms with E-state index in [2.05, 4.69) is 13.8 Å². The zero-order chi connectivity index (χ0) is 13.8. The zero-order valence-electron chi connectivity index (χ0n) is 12.5. The number of nitrogens with zero attached hydrogens (tertiary/aromatic N) is 1. The fourth-order valence-electron chi connectivity index (χ4n) is 2.00. The van der Waals surface area contributed by atoms with Gasteiger partial charge in [0.05, 0.1) is 6.54 Å². The first-order valence-electron chi connectivity index (χ1n) is 7.10. The summed E-state index contributed by atoms with van der Waals surface area (Å²) in [5, 5.41) is 0. The second-order valence-corrected chi connectivity index (χ2v) is 4.27. The van der Waals surface area contributed by atoms with E-state index in [9.17, 15) is 8.78 Å². The van der Waals surface area contributed by atoms with E-state index < -0.39 is 6.43 Å². The Morgan fingerprint density at radius 2 is 1.41 bits per heavy atom. The van der Waals surface area contributed by atoms with Crippen molar-refractivity contribution in [1.29, 1.82) is 0 Å². The normalized spacial score (nSPS) is 17.3. The van der Waals surface area contributed by atoms with Crippen LogP contribution < -0.4 is 0 Å². The van der Waals surface area contributed by atoms with Crippen LogP contribution in [-0.2, 0) is 0 Å². The number of likely N-dealkylation sites (tertiary alicyclic amines) is 1. The van der Waals surface area contributed by atoms with Crippen LogP contribution in [0, 0.1) is 11.8 Å². The van der Waals surface area contributed by atoms with Gasteiger partial charge in [-0.05, 0) is 37.8 Å². The highest BCUT2D eigenvalue weighted by Gasteiger charge is 2.22. The molecule has 1 aliphatic rings. The predicted octanol–water partition coefficient (Wildman–Crippen LogP) is 4.67. The largest absolute Gasteiger partial charge is 0.298 e. The van der Waals surface area contributed by atoms with Crippen molar-refractivity contribution in [3.05, 3.63) is 0 Å². The molecule has 1 heterocycles. The Morgan fingerprint density at radius 3 is 1.71 bits per heavy atom. The highest BCUT2D eigenvalue weighted by molar-refractivity contribution is 4.74. The van der Waals surface area contributed by atoms with Gasteiger partial charge >= 0.3 is 0 Å². The molecule has 1 fully saturated rings. The molecule has 0 amide bonds. The van der Waals surface area contributed by atoms with E-state index in [1.165, 1.54) is 0 Å². The molecule has 0 bridgehead atoms. The van der Waals surface area contributed by atoms with Gasteiger partial charge in [-0.1, -0.05) is 41.5 Å². The third-order valence-corrected chi connectivity index (χ3v) is 2.97. The molecule has 1 rings (SSSR count). The molecular formula is C14H31F2N. The van der Waals surface area contributed by atoms with Gasteiger partial charge in [-0.3, -0.25) is 4.90 Å². The van der Waals surface area contributed by atoms with Crippen molar-refractivity contribution in [3.8, 4) is 0 Å². The SMILES string of the molecule is CC.CC.CC(C)C1CCN(CC(F)F)CC1. The first-order valence-corrected chi connectivity index (χ1v) is 7.10. The van der Waals surface area contributed by atoms with Crippen molar-refractivity contribution in [2.24, 2.45) is 11.8 Å². The summed E-state index contributed by atoms with van der Waals surface area (Å²) in [6.45, 7) is 14.1. The van der Waals surface area contributed by atoms with Crippen molar-refractivity contribution in [3.63, 3.8) is 0 Å². The summed E-state index contributed by atoms with van der Waals surface area (Å²) in [6.07, 6.45) is 0.00463. The lowest BCUT2D eigenvalue weighted by molar-refractivity contribution is 0.0634. The Balaban J connectivity index is 0. The van der Waals surface area contributed by atoms with Crippen LogP contribution in [0.25, 0.3) is 0 Å². The molecule has 0 radical (unpaired) electrons. The molecule has 1 saturated heterocycles. The molecular weight excluding hydrogens is 220 g/mol. The van der Waals surface area contributed by atoms with Crippen LogP contribution in [0.1, 0.15) is 54.4 Å². The minimum atomic E-state index is -2.17. The van der Waals surface area contributed by atoms with Crippen molar-refractivity contribution in [2.45, 2.75) is 60.8 Å². The summed E-state index contributed by atoms with van der Waals surface area (Å²) in [4.78, 5) is 1.88. The summed E-state index contributed by atoms with van der Waals surface area (Å²) in [5.74, 6) is 1.45. The van der Waals surface area contributed by atoms with Gasteiger partial charge in [0, 0.05) is 0 Å².